The summed E-state index contributed by atoms with van der Waals surface area (Å²) in [6, 6.07) is 15.2. The van der Waals surface area contributed by atoms with Crippen LogP contribution in [-0.4, -0.2) is 16.7 Å². The summed E-state index contributed by atoms with van der Waals surface area (Å²) in [4.78, 5) is 25.7. The van der Waals surface area contributed by atoms with Gasteiger partial charge in [-0.1, -0.05) is 30.3 Å². The van der Waals surface area contributed by atoms with Gasteiger partial charge in [-0.15, -0.1) is 0 Å². The van der Waals surface area contributed by atoms with Crippen molar-refractivity contribution in [1.29, 1.82) is 0 Å². The molecule has 1 aromatic heterocycles. The van der Waals surface area contributed by atoms with Crippen LogP contribution < -0.4 is 0 Å². The Morgan fingerprint density at radius 3 is 2.38 bits per heavy atom. The summed E-state index contributed by atoms with van der Waals surface area (Å²) < 4.78 is 5.74. The van der Waals surface area contributed by atoms with Crippen LogP contribution in [0.4, 0.5) is 0 Å². The number of rotatable bonds is 0. The van der Waals surface area contributed by atoms with Crippen LogP contribution in [0, 0.1) is 0 Å². The van der Waals surface area contributed by atoms with E-state index in [2.05, 4.69) is 0 Å². The van der Waals surface area contributed by atoms with Gasteiger partial charge >= 0.3 is 0 Å². The topological polar surface area (TPSA) is 67.5 Å². The first-order valence-electron chi connectivity index (χ1n) is 7.52. The lowest BCUT2D eigenvalue weighted by Gasteiger charge is -2.13. The molecule has 0 saturated heterocycles. The van der Waals surface area contributed by atoms with E-state index in [0.29, 0.717) is 27.7 Å². The van der Waals surface area contributed by atoms with Crippen molar-refractivity contribution in [3.8, 4) is 5.75 Å². The minimum absolute atomic E-state index is 0.0919. The summed E-state index contributed by atoms with van der Waals surface area (Å²) in [5.74, 6) is -0.246. The lowest BCUT2D eigenvalue weighted by atomic mass is 9.86. The number of ketones is 2. The molecule has 5 rings (SSSR count). The van der Waals surface area contributed by atoms with Gasteiger partial charge in [0.05, 0.1) is 5.56 Å². The van der Waals surface area contributed by atoms with E-state index in [1.165, 1.54) is 0 Å². The number of benzene rings is 3. The summed E-state index contributed by atoms with van der Waals surface area (Å²) in [5, 5.41) is 11.8. The Hall–Kier alpha value is -3.40. The molecule has 0 spiro atoms. The van der Waals surface area contributed by atoms with Gasteiger partial charge in [-0.25, -0.2) is 0 Å². The maximum atomic E-state index is 13.0. The van der Waals surface area contributed by atoms with Gasteiger partial charge in [0, 0.05) is 16.5 Å². The average molecular weight is 314 g/mol. The summed E-state index contributed by atoms with van der Waals surface area (Å²) in [6.45, 7) is 0. The van der Waals surface area contributed by atoms with E-state index in [0.717, 1.165) is 10.8 Å². The smallest absolute Gasteiger partial charge is 0.229 e. The highest BCUT2D eigenvalue weighted by atomic mass is 16.3. The zero-order valence-corrected chi connectivity index (χ0v) is 12.4. The van der Waals surface area contributed by atoms with Crippen molar-refractivity contribution < 1.29 is 19.1 Å². The van der Waals surface area contributed by atoms with Crippen molar-refractivity contribution in [2.45, 2.75) is 0 Å². The molecule has 4 aromatic rings. The average Bonchev–Trinajstić information content (AvgIpc) is 3.00. The van der Waals surface area contributed by atoms with Gasteiger partial charge in [-0.2, -0.15) is 0 Å². The van der Waals surface area contributed by atoms with Gasteiger partial charge in [0.25, 0.3) is 0 Å². The standard InChI is InChI=1S/C20H10O4/c21-11-6-7-12-10(9-11)5-8-15-16(12)17-18(22)13-3-1-2-4-14(13)19(23)20(17)24-15/h1-9,21H. The number of fused-ring (bicyclic) bond motifs is 6. The number of phenolic OH excluding ortho intramolecular Hbond substituents is 1. The molecule has 1 N–H and O–H groups in total. The molecular weight excluding hydrogens is 304 g/mol. The zero-order chi connectivity index (χ0) is 16.4. The molecule has 1 aliphatic carbocycles. The molecule has 0 amide bonds. The highest BCUT2D eigenvalue weighted by molar-refractivity contribution is 6.33. The van der Waals surface area contributed by atoms with Crippen LogP contribution in [0.15, 0.2) is 59.0 Å². The van der Waals surface area contributed by atoms with Crippen molar-refractivity contribution in [1.82, 2.24) is 0 Å². The number of hydrogen-bond acceptors (Lipinski definition) is 4. The summed E-state index contributed by atoms with van der Waals surface area (Å²) >= 11 is 0. The number of phenols is 1. The maximum absolute atomic E-state index is 13.0. The van der Waals surface area contributed by atoms with Crippen molar-refractivity contribution in [3.05, 3.63) is 77.0 Å². The molecule has 0 saturated carbocycles. The minimum atomic E-state index is -0.275. The molecule has 1 aliphatic rings. The Morgan fingerprint density at radius 1 is 0.833 bits per heavy atom. The third kappa shape index (κ3) is 1.52. The Bertz CT molecular complexity index is 1200. The van der Waals surface area contributed by atoms with E-state index < -0.39 is 0 Å². The molecule has 0 unspecified atom stereocenters. The van der Waals surface area contributed by atoms with Gasteiger partial charge in [0.15, 0.2) is 11.5 Å². The molecule has 3 aromatic carbocycles. The first kappa shape index (κ1) is 13.1. The number of aromatic hydroxyl groups is 1. The SMILES string of the molecule is O=C1c2ccccc2C(=O)c2c1oc1ccc3cc(O)ccc3c21. The fraction of sp³-hybridized carbons (Fsp3) is 0. The quantitative estimate of drug-likeness (QED) is 0.468. The van der Waals surface area contributed by atoms with Gasteiger partial charge < -0.3 is 9.52 Å². The maximum Gasteiger partial charge on any atom is 0.229 e. The molecule has 0 bridgehead atoms. The number of furan rings is 1. The fourth-order valence-electron chi connectivity index (χ4n) is 3.43. The van der Waals surface area contributed by atoms with E-state index in [1.807, 2.05) is 0 Å². The second kappa shape index (κ2) is 4.32. The van der Waals surface area contributed by atoms with E-state index >= 15 is 0 Å². The summed E-state index contributed by atoms with van der Waals surface area (Å²) in [7, 11) is 0. The van der Waals surface area contributed by atoms with E-state index in [-0.39, 0.29) is 23.1 Å². The Kier molecular flexibility index (Phi) is 2.36. The number of carbonyl (C=O) groups is 2. The van der Waals surface area contributed by atoms with Crippen LogP contribution in [0.2, 0.25) is 0 Å². The lowest BCUT2D eigenvalue weighted by Crippen LogP contribution is -2.19. The molecule has 0 atom stereocenters. The van der Waals surface area contributed by atoms with Gasteiger partial charge in [-0.05, 0) is 35.0 Å². The van der Waals surface area contributed by atoms with Crippen molar-refractivity contribution in [2.75, 3.05) is 0 Å². The fourth-order valence-corrected chi connectivity index (χ4v) is 3.43. The largest absolute Gasteiger partial charge is 0.508 e. The molecule has 114 valence electrons. The van der Waals surface area contributed by atoms with Gasteiger partial charge in [0.2, 0.25) is 5.78 Å². The Labute approximate surface area is 135 Å². The highest BCUT2D eigenvalue weighted by Gasteiger charge is 2.35. The van der Waals surface area contributed by atoms with Crippen molar-refractivity contribution in [2.24, 2.45) is 0 Å². The van der Waals surface area contributed by atoms with Crippen LogP contribution in [0.1, 0.15) is 32.0 Å². The highest BCUT2D eigenvalue weighted by Crippen LogP contribution is 2.39. The monoisotopic (exact) mass is 314 g/mol. The van der Waals surface area contributed by atoms with Crippen LogP contribution >= 0.6 is 0 Å². The first-order chi connectivity index (χ1) is 11.6. The molecule has 0 radical (unpaired) electrons. The molecule has 0 fully saturated rings. The van der Waals surface area contributed by atoms with Crippen molar-refractivity contribution in [3.63, 3.8) is 0 Å². The number of hydrogen-bond donors (Lipinski definition) is 1. The zero-order valence-electron chi connectivity index (χ0n) is 12.4. The van der Waals surface area contributed by atoms with Crippen LogP contribution in [0.25, 0.3) is 21.7 Å². The third-order valence-electron chi connectivity index (χ3n) is 4.50. The van der Waals surface area contributed by atoms with Crippen LogP contribution in [-0.2, 0) is 0 Å². The second-order valence-corrected chi connectivity index (χ2v) is 5.85. The van der Waals surface area contributed by atoms with Gasteiger partial charge in [-0.3, -0.25) is 9.59 Å². The Morgan fingerprint density at radius 2 is 1.58 bits per heavy atom. The second-order valence-electron chi connectivity index (χ2n) is 5.85. The lowest BCUT2D eigenvalue weighted by molar-refractivity contribution is 0.0962. The molecule has 4 heteroatoms. The van der Waals surface area contributed by atoms with Crippen LogP contribution in [0.5, 0.6) is 5.75 Å². The molecular formula is C20H10O4. The van der Waals surface area contributed by atoms with E-state index in [4.69, 9.17) is 4.42 Å². The van der Waals surface area contributed by atoms with Gasteiger partial charge in [0.1, 0.15) is 11.3 Å². The molecule has 0 aliphatic heterocycles. The first-order valence-corrected chi connectivity index (χ1v) is 7.52. The predicted molar refractivity (Wildman–Crippen MR) is 88.7 cm³/mol. The van der Waals surface area contributed by atoms with Crippen LogP contribution in [0.3, 0.4) is 0 Å². The molecule has 24 heavy (non-hydrogen) atoms. The summed E-state index contributed by atoms with van der Waals surface area (Å²) in [5.41, 5.74) is 1.57. The van der Waals surface area contributed by atoms with E-state index in [9.17, 15) is 14.7 Å². The normalized spacial score (nSPS) is 13.3. The third-order valence-corrected chi connectivity index (χ3v) is 4.50. The van der Waals surface area contributed by atoms with Crippen molar-refractivity contribution >= 4 is 33.3 Å². The minimum Gasteiger partial charge on any atom is -0.508 e. The predicted octanol–water partition coefficient (Wildman–Crippen LogP) is 4.07. The molecule has 4 nitrogen and oxygen atoms in total. The Balaban J connectivity index is 1.95. The van der Waals surface area contributed by atoms with E-state index in [1.54, 1.807) is 54.6 Å². The number of carbonyl (C=O) groups excluding carboxylic acids is 2. The summed E-state index contributed by atoms with van der Waals surface area (Å²) in [6.07, 6.45) is 0. The molecule has 1 heterocycles.